The van der Waals surface area contributed by atoms with Crippen molar-refractivity contribution in [2.24, 2.45) is 5.92 Å². The zero-order chi connectivity index (χ0) is 13.4. The Balaban J connectivity index is 1.77. The third-order valence-electron chi connectivity index (χ3n) is 4.12. The van der Waals surface area contributed by atoms with Crippen molar-refractivity contribution >= 4 is 11.8 Å². The van der Waals surface area contributed by atoms with E-state index in [1.807, 2.05) is 12.1 Å². The number of hydrogen-bond donors (Lipinski definition) is 1. The summed E-state index contributed by atoms with van der Waals surface area (Å²) in [5.74, 6) is 0.414. The summed E-state index contributed by atoms with van der Waals surface area (Å²) in [5, 5.41) is 0. The molecule has 100 valence electrons. The molecular formula is C15H19N2O2+. The number of hydrogen-bond acceptors (Lipinski definition) is 2. The summed E-state index contributed by atoms with van der Waals surface area (Å²) in [7, 11) is 0. The van der Waals surface area contributed by atoms with Crippen LogP contribution in [0.3, 0.4) is 0 Å². The predicted molar refractivity (Wildman–Crippen MR) is 70.9 cm³/mol. The second-order valence-electron chi connectivity index (χ2n) is 5.69. The first-order valence-corrected chi connectivity index (χ1v) is 6.95. The molecule has 1 aromatic carbocycles. The highest BCUT2D eigenvalue weighted by atomic mass is 16.2. The number of benzene rings is 1. The third kappa shape index (κ3) is 2.16. The van der Waals surface area contributed by atoms with E-state index in [9.17, 15) is 9.59 Å². The van der Waals surface area contributed by atoms with Gasteiger partial charge in [-0.2, -0.15) is 0 Å². The zero-order valence-corrected chi connectivity index (χ0v) is 11.2. The van der Waals surface area contributed by atoms with Crippen molar-refractivity contribution in [1.29, 1.82) is 0 Å². The Kier molecular flexibility index (Phi) is 3.11. The van der Waals surface area contributed by atoms with Crippen LogP contribution < -0.4 is 4.90 Å². The Hall–Kier alpha value is -1.68. The van der Waals surface area contributed by atoms with Crippen LogP contribution in [0.15, 0.2) is 24.3 Å². The quantitative estimate of drug-likeness (QED) is 0.788. The summed E-state index contributed by atoms with van der Waals surface area (Å²) >= 11 is 0. The van der Waals surface area contributed by atoms with E-state index in [-0.39, 0.29) is 11.8 Å². The second kappa shape index (κ2) is 4.78. The van der Waals surface area contributed by atoms with Crippen molar-refractivity contribution in [2.75, 3.05) is 19.8 Å². The molecule has 19 heavy (non-hydrogen) atoms. The highest BCUT2D eigenvalue weighted by Crippen LogP contribution is 2.21. The van der Waals surface area contributed by atoms with Crippen LogP contribution in [0.2, 0.25) is 0 Å². The SMILES string of the molecule is C[C@H]1CCC[NH+](CN2C(=O)c3ccccc3C2=O)C1. The van der Waals surface area contributed by atoms with E-state index in [1.54, 1.807) is 12.1 Å². The number of nitrogens with one attached hydrogen (secondary N) is 1. The summed E-state index contributed by atoms with van der Waals surface area (Å²) in [6.07, 6.45) is 2.44. The number of piperidine rings is 1. The van der Waals surface area contributed by atoms with Crippen LogP contribution in [-0.4, -0.2) is 36.5 Å². The van der Waals surface area contributed by atoms with Gasteiger partial charge in [0.25, 0.3) is 11.8 Å². The number of carbonyl (C=O) groups excluding carboxylic acids is 2. The van der Waals surface area contributed by atoms with Crippen LogP contribution in [-0.2, 0) is 0 Å². The molecule has 0 spiro atoms. The van der Waals surface area contributed by atoms with E-state index >= 15 is 0 Å². The molecule has 0 aromatic heterocycles. The summed E-state index contributed by atoms with van der Waals surface area (Å²) in [5.41, 5.74) is 1.11. The molecule has 2 heterocycles. The number of likely N-dealkylation sites (tertiary alicyclic amines) is 1. The number of fused-ring (bicyclic) bond motifs is 1. The number of quaternary nitrogens is 1. The smallest absolute Gasteiger partial charge is 0.265 e. The highest BCUT2D eigenvalue weighted by molar-refractivity contribution is 6.21. The first kappa shape index (κ1) is 12.4. The maximum atomic E-state index is 12.3. The normalized spacial score (nSPS) is 26.7. The molecule has 4 heteroatoms. The molecule has 4 nitrogen and oxygen atoms in total. The van der Waals surface area contributed by atoms with E-state index < -0.39 is 0 Å². The lowest BCUT2D eigenvalue weighted by atomic mass is 10.0. The van der Waals surface area contributed by atoms with Gasteiger partial charge >= 0.3 is 0 Å². The van der Waals surface area contributed by atoms with Gasteiger partial charge in [-0.15, -0.1) is 0 Å². The minimum Gasteiger partial charge on any atom is -0.317 e. The molecule has 1 unspecified atom stereocenters. The second-order valence-corrected chi connectivity index (χ2v) is 5.69. The van der Waals surface area contributed by atoms with Gasteiger partial charge in [0.1, 0.15) is 0 Å². The Bertz CT molecular complexity index is 492. The van der Waals surface area contributed by atoms with Crippen molar-refractivity contribution in [3.8, 4) is 0 Å². The number of nitrogens with zero attached hydrogens (tertiary/aromatic N) is 1. The molecule has 3 rings (SSSR count). The molecule has 1 aromatic rings. The van der Waals surface area contributed by atoms with Crippen LogP contribution in [0.1, 0.15) is 40.5 Å². The summed E-state index contributed by atoms with van der Waals surface area (Å²) in [6.45, 7) is 4.85. The molecule has 0 aliphatic carbocycles. The predicted octanol–water partition coefficient (Wildman–Crippen LogP) is 0.555. The minimum absolute atomic E-state index is 0.133. The van der Waals surface area contributed by atoms with Gasteiger partial charge in [-0.3, -0.25) is 9.59 Å². The Labute approximate surface area is 113 Å². The maximum absolute atomic E-state index is 12.3. The van der Waals surface area contributed by atoms with Crippen molar-refractivity contribution in [3.05, 3.63) is 35.4 Å². The molecule has 2 aliphatic heterocycles. The van der Waals surface area contributed by atoms with Gasteiger partial charge in [0.2, 0.25) is 0 Å². The summed E-state index contributed by atoms with van der Waals surface area (Å²) in [4.78, 5) is 27.3. The van der Waals surface area contributed by atoms with Crippen molar-refractivity contribution < 1.29 is 14.5 Å². The van der Waals surface area contributed by atoms with Crippen molar-refractivity contribution in [1.82, 2.24) is 4.90 Å². The first-order valence-electron chi connectivity index (χ1n) is 6.95. The monoisotopic (exact) mass is 259 g/mol. The molecule has 2 aliphatic rings. The molecule has 0 saturated carbocycles. The van der Waals surface area contributed by atoms with E-state index in [0.29, 0.717) is 23.7 Å². The number of amides is 2. The van der Waals surface area contributed by atoms with E-state index in [2.05, 4.69) is 6.92 Å². The van der Waals surface area contributed by atoms with Crippen LogP contribution >= 0.6 is 0 Å². The van der Waals surface area contributed by atoms with Gasteiger partial charge in [-0.25, -0.2) is 4.90 Å². The fraction of sp³-hybridized carbons (Fsp3) is 0.467. The molecule has 1 fully saturated rings. The molecule has 1 saturated heterocycles. The molecule has 1 N–H and O–H groups in total. The minimum atomic E-state index is -0.133. The number of carbonyl (C=O) groups is 2. The molecular weight excluding hydrogens is 240 g/mol. The van der Waals surface area contributed by atoms with E-state index in [4.69, 9.17) is 0 Å². The number of rotatable bonds is 2. The van der Waals surface area contributed by atoms with Gasteiger partial charge in [0.05, 0.1) is 24.2 Å². The Morgan fingerprint density at radius 2 is 1.84 bits per heavy atom. The van der Waals surface area contributed by atoms with E-state index in [0.717, 1.165) is 13.1 Å². The fourth-order valence-electron chi connectivity index (χ4n) is 3.15. The van der Waals surface area contributed by atoms with Gasteiger partial charge in [-0.1, -0.05) is 19.1 Å². The molecule has 0 radical (unpaired) electrons. The van der Waals surface area contributed by atoms with Crippen LogP contribution in [0.25, 0.3) is 0 Å². The van der Waals surface area contributed by atoms with Crippen molar-refractivity contribution in [2.45, 2.75) is 19.8 Å². The van der Waals surface area contributed by atoms with Gasteiger partial charge in [0.15, 0.2) is 6.67 Å². The van der Waals surface area contributed by atoms with Crippen LogP contribution in [0, 0.1) is 5.92 Å². The molecule has 2 atom stereocenters. The van der Waals surface area contributed by atoms with Crippen LogP contribution in [0.4, 0.5) is 0 Å². The maximum Gasteiger partial charge on any atom is 0.265 e. The number of imide groups is 1. The summed E-state index contributed by atoms with van der Waals surface area (Å²) in [6, 6.07) is 7.10. The Morgan fingerprint density at radius 1 is 1.21 bits per heavy atom. The van der Waals surface area contributed by atoms with E-state index in [1.165, 1.54) is 22.6 Å². The van der Waals surface area contributed by atoms with Gasteiger partial charge in [0, 0.05) is 5.92 Å². The average Bonchev–Trinajstić information content (AvgIpc) is 2.65. The summed E-state index contributed by atoms with van der Waals surface area (Å²) < 4.78 is 0. The lowest BCUT2D eigenvalue weighted by Crippen LogP contribution is -3.15. The topological polar surface area (TPSA) is 41.8 Å². The molecule has 0 bridgehead atoms. The third-order valence-corrected chi connectivity index (χ3v) is 4.12. The van der Waals surface area contributed by atoms with Crippen molar-refractivity contribution in [3.63, 3.8) is 0 Å². The lowest BCUT2D eigenvalue weighted by molar-refractivity contribution is -0.915. The first-order chi connectivity index (χ1) is 9.16. The molecule has 2 amide bonds. The Morgan fingerprint density at radius 3 is 2.42 bits per heavy atom. The average molecular weight is 259 g/mol. The highest BCUT2D eigenvalue weighted by Gasteiger charge is 2.37. The fourth-order valence-corrected chi connectivity index (χ4v) is 3.15. The van der Waals surface area contributed by atoms with Crippen LogP contribution in [0.5, 0.6) is 0 Å². The largest absolute Gasteiger partial charge is 0.317 e. The lowest BCUT2D eigenvalue weighted by Gasteiger charge is -2.30. The van der Waals surface area contributed by atoms with Gasteiger partial charge < -0.3 is 4.90 Å². The zero-order valence-electron chi connectivity index (χ0n) is 11.2. The van der Waals surface area contributed by atoms with Gasteiger partial charge in [-0.05, 0) is 25.0 Å². The standard InChI is InChI=1S/C15H18N2O2/c1-11-5-4-8-16(9-11)10-17-14(18)12-6-2-3-7-13(12)15(17)19/h2-3,6-7,11H,4-5,8-10H2,1H3/p+1/t11-/m0/s1.